The van der Waals surface area contributed by atoms with E-state index in [-0.39, 0.29) is 0 Å². The van der Waals surface area contributed by atoms with Crippen LogP contribution in [0.2, 0.25) is 0 Å². The monoisotopic (exact) mass is 331 g/mol. The van der Waals surface area contributed by atoms with Crippen molar-refractivity contribution in [3.8, 4) is 0 Å². The number of benzene rings is 1. The molecule has 1 atom stereocenters. The van der Waals surface area contributed by atoms with Crippen LogP contribution in [-0.2, 0) is 0 Å². The average molecular weight is 332 g/mol. The van der Waals surface area contributed by atoms with Gasteiger partial charge in [0.05, 0.1) is 6.04 Å². The molecular weight excluding hydrogens is 320 g/mol. The van der Waals surface area contributed by atoms with Gasteiger partial charge in [-0.2, -0.15) is 0 Å². The molecule has 96 valence electrons. The molecule has 0 aliphatic rings. The summed E-state index contributed by atoms with van der Waals surface area (Å²) in [5, 5.41) is 0. The number of rotatable bonds is 2. The van der Waals surface area contributed by atoms with Crippen molar-refractivity contribution in [1.82, 2.24) is 0 Å². The zero-order valence-electron chi connectivity index (χ0n) is 9.93. The molecule has 2 aromatic rings. The van der Waals surface area contributed by atoms with E-state index in [2.05, 4.69) is 15.9 Å². The van der Waals surface area contributed by atoms with Crippen molar-refractivity contribution in [2.45, 2.75) is 19.9 Å². The molecule has 18 heavy (non-hydrogen) atoms. The fraction of sp³-hybridized carbons (Fsp3) is 0.231. The lowest BCUT2D eigenvalue weighted by atomic mass is 10.0. The summed E-state index contributed by atoms with van der Waals surface area (Å²) >= 11 is 4.91. The smallest absolute Gasteiger partial charge is 0.131 e. The highest BCUT2D eigenvalue weighted by Crippen LogP contribution is 2.35. The molecule has 1 aromatic heterocycles. The van der Waals surface area contributed by atoms with Gasteiger partial charge in [-0.3, -0.25) is 0 Å². The molecule has 0 bridgehead atoms. The Morgan fingerprint density at radius 1 is 1.17 bits per heavy atom. The number of hydrogen-bond donors (Lipinski definition) is 1. The van der Waals surface area contributed by atoms with E-state index in [1.165, 1.54) is 17.4 Å². The molecule has 0 saturated carbocycles. The second-order valence-electron chi connectivity index (χ2n) is 4.17. The fourth-order valence-corrected chi connectivity index (χ4v) is 3.69. The first kappa shape index (κ1) is 13.6. The summed E-state index contributed by atoms with van der Waals surface area (Å²) in [7, 11) is 0. The van der Waals surface area contributed by atoms with E-state index >= 15 is 0 Å². The SMILES string of the molecule is Cc1cc(Br)c(C(N)c2cc(C)c(F)cc2F)s1. The van der Waals surface area contributed by atoms with Crippen LogP contribution in [-0.4, -0.2) is 0 Å². The molecule has 2 rings (SSSR count). The van der Waals surface area contributed by atoms with Crippen LogP contribution in [0.15, 0.2) is 22.7 Å². The Morgan fingerprint density at radius 2 is 1.83 bits per heavy atom. The van der Waals surface area contributed by atoms with Crippen LogP contribution in [0.4, 0.5) is 8.78 Å². The normalized spacial score (nSPS) is 12.8. The summed E-state index contributed by atoms with van der Waals surface area (Å²) in [6, 6.07) is 3.71. The van der Waals surface area contributed by atoms with Gasteiger partial charge in [0.2, 0.25) is 0 Å². The topological polar surface area (TPSA) is 26.0 Å². The van der Waals surface area contributed by atoms with Crippen LogP contribution in [0.5, 0.6) is 0 Å². The lowest BCUT2D eigenvalue weighted by Gasteiger charge is -2.13. The zero-order chi connectivity index (χ0) is 13.4. The van der Waals surface area contributed by atoms with Crippen molar-refractivity contribution in [3.63, 3.8) is 0 Å². The molecule has 2 N–H and O–H groups in total. The summed E-state index contributed by atoms with van der Waals surface area (Å²) in [6.45, 7) is 3.55. The minimum atomic E-state index is -0.608. The molecule has 1 aromatic carbocycles. The molecule has 1 nitrogen and oxygen atoms in total. The van der Waals surface area contributed by atoms with E-state index in [0.29, 0.717) is 11.1 Å². The molecule has 0 aliphatic heterocycles. The predicted molar refractivity (Wildman–Crippen MR) is 73.9 cm³/mol. The van der Waals surface area contributed by atoms with Crippen molar-refractivity contribution >= 4 is 27.3 Å². The van der Waals surface area contributed by atoms with Gasteiger partial charge >= 0.3 is 0 Å². The third-order valence-electron chi connectivity index (χ3n) is 2.73. The molecule has 1 unspecified atom stereocenters. The van der Waals surface area contributed by atoms with Gasteiger partial charge in [0, 0.05) is 25.9 Å². The summed E-state index contributed by atoms with van der Waals surface area (Å²) in [5.41, 5.74) is 6.78. The van der Waals surface area contributed by atoms with Gasteiger partial charge in [0.1, 0.15) is 11.6 Å². The highest BCUT2D eigenvalue weighted by atomic mass is 79.9. The first-order valence-electron chi connectivity index (χ1n) is 5.37. The van der Waals surface area contributed by atoms with Gasteiger partial charge < -0.3 is 5.73 Å². The first-order valence-corrected chi connectivity index (χ1v) is 6.98. The van der Waals surface area contributed by atoms with Crippen molar-refractivity contribution in [2.24, 2.45) is 5.73 Å². The van der Waals surface area contributed by atoms with Crippen LogP contribution >= 0.6 is 27.3 Å². The van der Waals surface area contributed by atoms with Crippen LogP contribution in [0, 0.1) is 25.5 Å². The first-order chi connectivity index (χ1) is 8.40. The summed E-state index contributed by atoms with van der Waals surface area (Å²) in [4.78, 5) is 1.93. The highest BCUT2D eigenvalue weighted by molar-refractivity contribution is 9.10. The number of aryl methyl sites for hydroxylation is 2. The second-order valence-corrected chi connectivity index (χ2v) is 6.31. The van der Waals surface area contributed by atoms with Crippen molar-refractivity contribution in [2.75, 3.05) is 0 Å². The van der Waals surface area contributed by atoms with Gasteiger partial charge in [-0.1, -0.05) is 0 Å². The van der Waals surface area contributed by atoms with Crippen molar-refractivity contribution in [3.05, 3.63) is 55.2 Å². The quantitative estimate of drug-likeness (QED) is 0.864. The predicted octanol–water partition coefficient (Wildman–Crippen LogP) is 4.45. The Labute approximate surface area is 117 Å². The lowest BCUT2D eigenvalue weighted by Crippen LogP contribution is -2.13. The van der Waals surface area contributed by atoms with Gasteiger partial charge in [0.25, 0.3) is 0 Å². The molecular formula is C13H12BrF2NS. The Morgan fingerprint density at radius 3 is 2.39 bits per heavy atom. The third kappa shape index (κ3) is 2.48. The lowest BCUT2D eigenvalue weighted by molar-refractivity contribution is 0.561. The highest BCUT2D eigenvalue weighted by Gasteiger charge is 2.19. The molecule has 0 saturated heterocycles. The minimum absolute atomic E-state index is 0.316. The van der Waals surface area contributed by atoms with Gasteiger partial charge in [-0.05, 0) is 47.5 Å². The summed E-state index contributed by atoms with van der Waals surface area (Å²) < 4.78 is 27.9. The van der Waals surface area contributed by atoms with Gasteiger partial charge in [0.15, 0.2) is 0 Å². The standard InChI is InChI=1S/C13H12BrF2NS/c1-6-3-8(11(16)5-10(6)15)12(17)13-9(14)4-7(2)18-13/h3-5,12H,17H2,1-2H3. The maximum atomic E-state index is 13.8. The molecule has 5 heteroatoms. The van der Waals surface area contributed by atoms with Crippen molar-refractivity contribution < 1.29 is 8.78 Å². The van der Waals surface area contributed by atoms with E-state index < -0.39 is 17.7 Å². The molecule has 0 aliphatic carbocycles. The fourth-order valence-electron chi connectivity index (χ4n) is 1.77. The number of halogens is 3. The van der Waals surface area contributed by atoms with Crippen molar-refractivity contribution in [1.29, 1.82) is 0 Å². The van der Waals surface area contributed by atoms with Crippen LogP contribution in [0.1, 0.15) is 26.9 Å². The minimum Gasteiger partial charge on any atom is -0.319 e. The van der Waals surface area contributed by atoms with Crippen LogP contribution < -0.4 is 5.73 Å². The summed E-state index contributed by atoms with van der Waals surface area (Å²) in [6.07, 6.45) is 0. The molecule has 0 amide bonds. The maximum Gasteiger partial charge on any atom is 0.131 e. The number of nitrogens with two attached hydrogens (primary N) is 1. The molecule has 1 heterocycles. The number of hydrogen-bond acceptors (Lipinski definition) is 2. The Kier molecular flexibility index (Phi) is 3.84. The van der Waals surface area contributed by atoms with E-state index in [4.69, 9.17) is 5.73 Å². The van der Waals surface area contributed by atoms with Gasteiger partial charge in [-0.25, -0.2) is 8.78 Å². The van der Waals surface area contributed by atoms with E-state index in [1.807, 2.05) is 13.0 Å². The van der Waals surface area contributed by atoms with Crippen LogP contribution in [0.25, 0.3) is 0 Å². The Hall–Kier alpha value is -0.780. The number of thiophene rings is 1. The third-order valence-corrected chi connectivity index (χ3v) is 4.78. The van der Waals surface area contributed by atoms with E-state index in [9.17, 15) is 8.78 Å². The van der Waals surface area contributed by atoms with E-state index in [0.717, 1.165) is 20.3 Å². The van der Waals surface area contributed by atoms with Crippen LogP contribution in [0.3, 0.4) is 0 Å². The van der Waals surface area contributed by atoms with Gasteiger partial charge in [-0.15, -0.1) is 11.3 Å². The molecule has 0 radical (unpaired) electrons. The second kappa shape index (κ2) is 5.07. The Bertz CT molecular complexity index is 595. The summed E-state index contributed by atoms with van der Waals surface area (Å²) in [5.74, 6) is -1.16. The molecule has 0 fully saturated rings. The van der Waals surface area contributed by atoms with E-state index in [1.54, 1.807) is 6.92 Å². The molecule has 0 spiro atoms. The Balaban J connectivity index is 2.49. The largest absolute Gasteiger partial charge is 0.319 e. The maximum absolute atomic E-state index is 13.8. The zero-order valence-corrected chi connectivity index (χ0v) is 12.3. The average Bonchev–Trinajstić information content (AvgIpc) is 2.62.